The number of nitrogens with one attached hydrogen (secondary N) is 1. The Morgan fingerprint density at radius 3 is 2.46 bits per heavy atom. The largest absolute Gasteiger partial charge is 0.493 e. The second-order valence-corrected chi connectivity index (χ2v) is 6.11. The van der Waals surface area contributed by atoms with Gasteiger partial charge in [-0.3, -0.25) is 4.79 Å². The first kappa shape index (κ1) is 17.8. The minimum atomic E-state index is -0.0696. The number of fused-ring (bicyclic) bond motifs is 1. The number of ether oxygens (including phenoxy) is 2. The Labute approximate surface area is 153 Å². The second-order valence-electron chi connectivity index (χ2n) is 6.11. The molecular weight excluding hydrogens is 326 g/mol. The van der Waals surface area contributed by atoms with Gasteiger partial charge in [-0.05, 0) is 35.4 Å². The van der Waals surface area contributed by atoms with Crippen molar-refractivity contribution in [3.05, 3.63) is 72.3 Å². The van der Waals surface area contributed by atoms with Crippen LogP contribution in [-0.2, 0) is 4.79 Å². The number of para-hydroxylation sites is 2. The fraction of sp³-hybridized carbons (Fsp3) is 0.227. The van der Waals surface area contributed by atoms with Crippen LogP contribution in [0.2, 0.25) is 0 Å². The van der Waals surface area contributed by atoms with Gasteiger partial charge in [0.15, 0.2) is 11.5 Å². The quantitative estimate of drug-likeness (QED) is 0.683. The number of hydrogen-bond donors (Lipinski definition) is 1. The maximum absolute atomic E-state index is 12.3. The van der Waals surface area contributed by atoms with Gasteiger partial charge in [-0.15, -0.1) is 0 Å². The predicted molar refractivity (Wildman–Crippen MR) is 104 cm³/mol. The minimum Gasteiger partial charge on any atom is -0.493 e. The van der Waals surface area contributed by atoms with Gasteiger partial charge in [-0.1, -0.05) is 54.6 Å². The highest BCUT2D eigenvalue weighted by Gasteiger charge is 2.12. The molecule has 0 bridgehead atoms. The van der Waals surface area contributed by atoms with Crippen LogP contribution in [-0.4, -0.2) is 19.6 Å². The molecule has 0 aliphatic carbocycles. The molecule has 3 aromatic carbocycles. The lowest BCUT2D eigenvalue weighted by Gasteiger charge is -2.17. The van der Waals surface area contributed by atoms with E-state index in [1.165, 1.54) is 5.39 Å². The molecule has 0 heterocycles. The molecule has 1 N–H and O–H groups in total. The van der Waals surface area contributed by atoms with Gasteiger partial charge in [0, 0.05) is 0 Å². The molecule has 0 spiro atoms. The van der Waals surface area contributed by atoms with Crippen LogP contribution in [0, 0.1) is 0 Å². The Hall–Kier alpha value is -3.01. The molecule has 0 aromatic heterocycles. The molecule has 4 heteroatoms. The number of hydrogen-bond acceptors (Lipinski definition) is 3. The Balaban J connectivity index is 1.57. The molecule has 3 aromatic rings. The smallest absolute Gasteiger partial charge is 0.223 e. The van der Waals surface area contributed by atoms with Crippen molar-refractivity contribution < 1.29 is 14.3 Å². The summed E-state index contributed by atoms with van der Waals surface area (Å²) in [6, 6.07) is 21.7. The molecule has 3 rings (SSSR count). The zero-order valence-electron chi connectivity index (χ0n) is 15.1. The molecule has 0 fully saturated rings. The number of benzene rings is 3. The van der Waals surface area contributed by atoms with Gasteiger partial charge in [0.1, 0.15) is 0 Å². The first-order valence-corrected chi connectivity index (χ1v) is 8.72. The van der Waals surface area contributed by atoms with E-state index in [4.69, 9.17) is 9.47 Å². The molecule has 0 saturated carbocycles. The van der Waals surface area contributed by atoms with Crippen molar-refractivity contribution in [3.63, 3.8) is 0 Å². The summed E-state index contributed by atoms with van der Waals surface area (Å²) in [5.41, 5.74) is 1.11. The fourth-order valence-corrected chi connectivity index (χ4v) is 3.01. The summed E-state index contributed by atoms with van der Waals surface area (Å²) in [6.45, 7) is 2.30. The van der Waals surface area contributed by atoms with E-state index >= 15 is 0 Å². The van der Waals surface area contributed by atoms with Crippen LogP contribution in [0.4, 0.5) is 0 Å². The molecule has 0 aliphatic heterocycles. The normalized spacial score (nSPS) is 11.8. The van der Waals surface area contributed by atoms with E-state index in [-0.39, 0.29) is 18.4 Å². The lowest BCUT2D eigenvalue weighted by molar-refractivity contribution is -0.122. The van der Waals surface area contributed by atoms with Crippen molar-refractivity contribution in [2.45, 2.75) is 19.4 Å². The van der Waals surface area contributed by atoms with Crippen LogP contribution in [0.3, 0.4) is 0 Å². The molecule has 1 atom stereocenters. The van der Waals surface area contributed by atoms with Gasteiger partial charge in [0.05, 0.1) is 26.2 Å². The Kier molecular flexibility index (Phi) is 5.74. The zero-order chi connectivity index (χ0) is 18.4. The Morgan fingerprint density at radius 1 is 0.962 bits per heavy atom. The molecule has 0 aliphatic rings. The van der Waals surface area contributed by atoms with E-state index in [2.05, 4.69) is 29.6 Å². The van der Waals surface area contributed by atoms with Crippen LogP contribution in [0.1, 0.15) is 24.9 Å². The van der Waals surface area contributed by atoms with E-state index in [1.54, 1.807) is 7.11 Å². The predicted octanol–water partition coefficient (Wildman–Crippen LogP) is 4.49. The second kappa shape index (κ2) is 8.39. The summed E-state index contributed by atoms with van der Waals surface area (Å²) in [5, 5.41) is 5.39. The lowest BCUT2D eigenvalue weighted by atomic mass is 9.99. The fourth-order valence-electron chi connectivity index (χ4n) is 3.01. The van der Waals surface area contributed by atoms with Crippen LogP contribution in [0.5, 0.6) is 11.5 Å². The van der Waals surface area contributed by atoms with Crippen molar-refractivity contribution in [1.29, 1.82) is 0 Å². The molecular formula is C22H23NO3. The number of carbonyl (C=O) groups excluding carboxylic acids is 1. The first-order valence-electron chi connectivity index (χ1n) is 8.72. The molecule has 4 nitrogen and oxygen atoms in total. The molecule has 26 heavy (non-hydrogen) atoms. The summed E-state index contributed by atoms with van der Waals surface area (Å²) >= 11 is 0. The van der Waals surface area contributed by atoms with Crippen LogP contribution in [0.15, 0.2) is 66.7 Å². The van der Waals surface area contributed by atoms with Crippen molar-refractivity contribution in [1.82, 2.24) is 5.32 Å². The van der Waals surface area contributed by atoms with E-state index in [0.717, 1.165) is 10.9 Å². The number of carbonyl (C=O) groups is 1. The molecule has 0 radical (unpaired) electrons. The average molecular weight is 349 g/mol. The van der Waals surface area contributed by atoms with Gasteiger partial charge in [0.25, 0.3) is 0 Å². The molecule has 1 amide bonds. The van der Waals surface area contributed by atoms with Crippen molar-refractivity contribution >= 4 is 16.7 Å². The summed E-state index contributed by atoms with van der Waals surface area (Å²) in [5.74, 6) is 1.27. The maximum Gasteiger partial charge on any atom is 0.223 e. The van der Waals surface area contributed by atoms with Crippen LogP contribution < -0.4 is 14.8 Å². The number of rotatable bonds is 7. The zero-order valence-corrected chi connectivity index (χ0v) is 15.1. The average Bonchev–Trinajstić information content (AvgIpc) is 2.67. The monoisotopic (exact) mass is 349 g/mol. The highest BCUT2D eigenvalue weighted by Crippen LogP contribution is 2.26. The van der Waals surface area contributed by atoms with Gasteiger partial charge < -0.3 is 14.8 Å². The minimum absolute atomic E-state index is 0.0414. The summed E-state index contributed by atoms with van der Waals surface area (Å²) in [7, 11) is 1.60. The Bertz CT molecular complexity index is 886. The maximum atomic E-state index is 12.3. The van der Waals surface area contributed by atoms with Gasteiger partial charge >= 0.3 is 0 Å². The number of amides is 1. The van der Waals surface area contributed by atoms with Gasteiger partial charge in [0.2, 0.25) is 5.91 Å². The van der Waals surface area contributed by atoms with Gasteiger partial charge in [-0.25, -0.2) is 0 Å². The SMILES string of the molecule is COc1ccccc1OCCC(=O)NC(C)c1cccc2ccccc12. The highest BCUT2D eigenvalue weighted by molar-refractivity contribution is 5.86. The van der Waals surface area contributed by atoms with E-state index < -0.39 is 0 Å². The van der Waals surface area contributed by atoms with Crippen molar-refractivity contribution in [2.75, 3.05) is 13.7 Å². The third-order valence-corrected chi connectivity index (χ3v) is 4.32. The molecule has 1 unspecified atom stereocenters. The van der Waals surface area contributed by atoms with E-state index in [9.17, 15) is 4.79 Å². The van der Waals surface area contributed by atoms with Crippen LogP contribution >= 0.6 is 0 Å². The van der Waals surface area contributed by atoms with E-state index in [0.29, 0.717) is 18.1 Å². The third kappa shape index (κ3) is 4.14. The molecule has 0 saturated heterocycles. The topological polar surface area (TPSA) is 47.6 Å². The standard InChI is InChI=1S/C22H23NO3/c1-16(18-11-7-9-17-8-3-4-10-19(17)18)23-22(24)14-15-26-21-13-6-5-12-20(21)25-2/h3-13,16H,14-15H2,1-2H3,(H,23,24). The summed E-state index contributed by atoms with van der Waals surface area (Å²) in [4.78, 5) is 12.3. The summed E-state index contributed by atoms with van der Waals surface area (Å²) in [6.07, 6.45) is 0.285. The van der Waals surface area contributed by atoms with Crippen molar-refractivity contribution in [2.24, 2.45) is 0 Å². The molecule has 134 valence electrons. The van der Waals surface area contributed by atoms with Crippen molar-refractivity contribution in [3.8, 4) is 11.5 Å². The lowest BCUT2D eigenvalue weighted by Crippen LogP contribution is -2.28. The van der Waals surface area contributed by atoms with Crippen LogP contribution in [0.25, 0.3) is 10.8 Å². The number of methoxy groups -OCH3 is 1. The third-order valence-electron chi connectivity index (χ3n) is 4.32. The summed E-state index contributed by atoms with van der Waals surface area (Å²) < 4.78 is 10.9. The highest BCUT2D eigenvalue weighted by atomic mass is 16.5. The first-order chi connectivity index (χ1) is 12.7. The Morgan fingerprint density at radius 2 is 1.65 bits per heavy atom. The van der Waals surface area contributed by atoms with E-state index in [1.807, 2.05) is 49.4 Å². The van der Waals surface area contributed by atoms with Gasteiger partial charge in [-0.2, -0.15) is 0 Å².